The van der Waals surface area contributed by atoms with Crippen molar-refractivity contribution in [1.82, 2.24) is 5.32 Å². The van der Waals surface area contributed by atoms with Gasteiger partial charge < -0.3 is 14.9 Å². The number of hydrogen-bond acceptors (Lipinski definition) is 2. The summed E-state index contributed by atoms with van der Waals surface area (Å²) >= 11 is 0. The zero-order chi connectivity index (χ0) is 19.0. The van der Waals surface area contributed by atoms with Crippen LogP contribution in [0.15, 0.2) is 0 Å². The molecule has 0 saturated carbocycles. The van der Waals surface area contributed by atoms with Crippen LogP contribution >= 0.6 is 0 Å². The van der Waals surface area contributed by atoms with Crippen molar-refractivity contribution in [3.8, 4) is 0 Å². The van der Waals surface area contributed by atoms with Gasteiger partial charge in [-0.2, -0.15) is 0 Å². The Morgan fingerprint density at radius 3 is 1.84 bits per heavy atom. The van der Waals surface area contributed by atoms with Gasteiger partial charge in [0.2, 0.25) is 5.91 Å². The van der Waals surface area contributed by atoms with Crippen molar-refractivity contribution in [2.75, 3.05) is 33.2 Å². The lowest BCUT2D eigenvalue weighted by Gasteiger charge is -2.34. The maximum Gasteiger partial charge on any atom is 0.220 e. The fourth-order valence-electron chi connectivity index (χ4n) is 3.15. The summed E-state index contributed by atoms with van der Waals surface area (Å²) in [7, 11) is 2.15. The quantitative estimate of drug-likeness (QED) is 0.302. The first-order chi connectivity index (χ1) is 12.0. The van der Waals surface area contributed by atoms with E-state index in [0.717, 1.165) is 30.4 Å². The Kier molecular flexibility index (Phi) is 15.2. The molecular formula is C21H45N2O2+. The first-order valence-corrected chi connectivity index (χ1v) is 10.8. The van der Waals surface area contributed by atoms with Gasteiger partial charge >= 0.3 is 0 Å². The topological polar surface area (TPSA) is 49.3 Å². The smallest absolute Gasteiger partial charge is 0.220 e. The Morgan fingerprint density at radius 1 is 0.880 bits per heavy atom. The van der Waals surface area contributed by atoms with Gasteiger partial charge in [0, 0.05) is 13.0 Å². The molecule has 0 aromatic carbocycles. The van der Waals surface area contributed by atoms with Crippen molar-refractivity contribution in [1.29, 1.82) is 0 Å². The first kappa shape index (κ1) is 24.4. The summed E-state index contributed by atoms with van der Waals surface area (Å²) in [4.78, 5) is 11.9. The third kappa shape index (κ3) is 14.3. The SMILES string of the molecule is CCCCCCCCCCCCC(=O)NCC(O)C[N+](C)(CC)CC. The number of carbonyl (C=O) groups excluding carboxylic acids is 1. The van der Waals surface area contributed by atoms with Crippen molar-refractivity contribution >= 4 is 5.91 Å². The minimum absolute atomic E-state index is 0.0841. The van der Waals surface area contributed by atoms with Gasteiger partial charge in [-0.1, -0.05) is 64.7 Å². The van der Waals surface area contributed by atoms with Gasteiger partial charge in [-0.3, -0.25) is 4.79 Å². The first-order valence-electron chi connectivity index (χ1n) is 10.8. The highest BCUT2D eigenvalue weighted by Crippen LogP contribution is 2.11. The molecule has 4 heteroatoms. The standard InChI is InChI=1S/C21H44N2O2/c1-5-8-9-10-11-12-13-14-15-16-17-21(25)22-18-20(24)19-23(4,6-2)7-3/h20,24H,5-19H2,1-4H3/p+1. The molecule has 25 heavy (non-hydrogen) atoms. The number of amides is 1. The molecule has 0 aromatic rings. The number of quaternary nitrogens is 1. The number of aliphatic hydroxyl groups is 1. The number of aliphatic hydroxyl groups excluding tert-OH is 1. The number of likely N-dealkylation sites (N-methyl/N-ethyl adjacent to an activating group) is 1. The molecule has 2 N–H and O–H groups in total. The molecule has 150 valence electrons. The van der Waals surface area contributed by atoms with E-state index in [4.69, 9.17) is 0 Å². The Morgan fingerprint density at radius 2 is 1.36 bits per heavy atom. The molecule has 0 rings (SSSR count). The fraction of sp³-hybridized carbons (Fsp3) is 0.952. The van der Waals surface area contributed by atoms with E-state index >= 15 is 0 Å². The second kappa shape index (κ2) is 15.6. The summed E-state index contributed by atoms with van der Waals surface area (Å²) in [5.41, 5.74) is 0. The average Bonchev–Trinajstić information content (AvgIpc) is 2.61. The number of carbonyl (C=O) groups is 1. The highest BCUT2D eigenvalue weighted by Gasteiger charge is 2.21. The maximum atomic E-state index is 11.9. The van der Waals surface area contributed by atoms with Gasteiger partial charge in [-0.15, -0.1) is 0 Å². The van der Waals surface area contributed by atoms with Gasteiger partial charge in [-0.05, 0) is 20.3 Å². The molecule has 0 aromatic heterocycles. The lowest BCUT2D eigenvalue weighted by molar-refractivity contribution is -0.908. The van der Waals surface area contributed by atoms with E-state index in [1.54, 1.807) is 0 Å². The lowest BCUT2D eigenvalue weighted by atomic mass is 10.1. The minimum atomic E-state index is -0.457. The van der Waals surface area contributed by atoms with E-state index in [9.17, 15) is 9.90 Å². The molecule has 0 fully saturated rings. The van der Waals surface area contributed by atoms with Crippen LogP contribution in [0.4, 0.5) is 0 Å². The van der Waals surface area contributed by atoms with Gasteiger partial charge in [0.25, 0.3) is 0 Å². The summed E-state index contributed by atoms with van der Waals surface area (Å²) in [5, 5.41) is 13.0. The average molecular weight is 358 g/mol. The van der Waals surface area contributed by atoms with Crippen LogP contribution in [0.1, 0.15) is 91.4 Å². The van der Waals surface area contributed by atoms with E-state index in [2.05, 4.69) is 33.1 Å². The van der Waals surface area contributed by atoms with Gasteiger partial charge in [0.15, 0.2) is 0 Å². The zero-order valence-corrected chi connectivity index (χ0v) is 17.5. The summed E-state index contributed by atoms with van der Waals surface area (Å²) in [6, 6.07) is 0. The highest BCUT2D eigenvalue weighted by atomic mass is 16.3. The van der Waals surface area contributed by atoms with Crippen molar-refractivity contribution in [3.05, 3.63) is 0 Å². The van der Waals surface area contributed by atoms with Crippen LogP contribution in [0, 0.1) is 0 Å². The van der Waals surface area contributed by atoms with Gasteiger partial charge in [-0.25, -0.2) is 0 Å². The summed E-state index contributed by atoms with van der Waals surface area (Å²) in [5.74, 6) is 0.0841. The van der Waals surface area contributed by atoms with Crippen LogP contribution in [-0.2, 0) is 4.79 Å². The largest absolute Gasteiger partial charge is 0.385 e. The van der Waals surface area contributed by atoms with Crippen LogP contribution in [0.2, 0.25) is 0 Å². The van der Waals surface area contributed by atoms with Crippen molar-refractivity contribution in [2.24, 2.45) is 0 Å². The van der Waals surface area contributed by atoms with Crippen LogP contribution in [0.3, 0.4) is 0 Å². The number of hydrogen-bond donors (Lipinski definition) is 2. The molecule has 0 radical (unpaired) electrons. The van der Waals surface area contributed by atoms with Crippen molar-refractivity contribution in [3.63, 3.8) is 0 Å². The van der Waals surface area contributed by atoms with Crippen LogP contribution in [0.25, 0.3) is 0 Å². The van der Waals surface area contributed by atoms with Gasteiger partial charge in [0.1, 0.15) is 12.6 Å². The molecule has 0 heterocycles. The Labute approximate surface area is 157 Å². The van der Waals surface area contributed by atoms with Crippen molar-refractivity contribution in [2.45, 2.75) is 97.5 Å². The number of nitrogens with zero attached hydrogens (tertiary/aromatic N) is 1. The molecule has 0 aliphatic carbocycles. The normalized spacial score (nSPS) is 13.0. The van der Waals surface area contributed by atoms with E-state index in [-0.39, 0.29) is 5.91 Å². The number of unbranched alkanes of at least 4 members (excludes halogenated alkanes) is 9. The molecule has 0 aliphatic rings. The lowest BCUT2D eigenvalue weighted by Crippen LogP contribution is -2.51. The molecular weight excluding hydrogens is 312 g/mol. The molecule has 0 aliphatic heterocycles. The molecule has 1 amide bonds. The Balaban J connectivity index is 3.52. The van der Waals surface area contributed by atoms with Crippen LogP contribution in [0.5, 0.6) is 0 Å². The summed E-state index contributed by atoms with van der Waals surface area (Å²) < 4.78 is 0.843. The van der Waals surface area contributed by atoms with Gasteiger partial charge in [0.05, 0.1) is 20.1 Å². The van der Waals surface area contributed by atoms with Crippen LogP contribution < -0.4 is 5.32 Å². The fourth-order valence-corrected chi connectivity index (χ4v) is 3.15. The van der Waals surface area contributed by atoms with E-state index in [0.29, 0.717) is 19.5 Å². The molecule has 0 saturated heterocycles. The summed E-state index contributed by atoms with van der Waals surface area (Å²) in [6.45, 7) is 9.61. The predicted molar refractivity (Wildman–Crippen MR) is 108 cm³/mol. The van der Waals surface area contributed by atoms with E-state index in [1.165, 1.54) is 51.4 Å². The number of rotatable bonds is 17. The molecule has 4 nitrogen and oxygen atoms in total. The summed E-state index contributed by atoms with van der Waals surface area (Å²) in [6.07, 6.45) is 13.0. The molecule has 1 unspecified atom stereocenters. The second-order valence-electron chi connectivity index (χ2n) is 7.82. The van der Waals surface area contributed by atoms with E-state index < -0.39 is 6.10 Å². The molecule has 0 bridgehead atoms. The Bertz CT molecular complexity index is 317. The third-order valence-corrected chi connectivity index (χ3v) is 5.47. The maximum absolute atomic E-state index is 11.9. The molecule has 1 atom stereocenters. The third-order valence-electron chi connectivity index (χ3n) is 5.47. The van der Waals surface area contributed by atoms with Crippen LogP contribution in [-0.4, -0.2) is 54.8 Å². The zero-order valence-electron chi connectivity index (χ0n) is 17.5. The highest BCUT2D eigenvalue weighted by molar-refractivity contribution is 5.75. The predicted octanol–water partition coefficient (Wildman–Crippen LogP) is 4.26. The van der Waals surface area contributed by atoms with E-state index in [1.807, 2.05) is 0 Å². The second-order valence-corrected chi connectivity index (χ2v) is 7.82. The number of nitrogens with one attached hydrogen (secondary N) is 1. The Hall–Kier alpha value is -0.610. The molecule has 0 spiro atoms. The minimum Gasteiger partial charge on any atom is -0.385 e. The monoisotopic (exact) mass is 357 g/mol. The van der Waals surface area contributed by atoms with Crippen molar-refractivity contribution < 1.29 is 14.4 Å².